The largest absolute Gasteiger partial charge is 0.392 e. The molecule has 1 heterocycles. The second-order valence-corrected chi connectivity index (χ2v) is 3.35. The summed E-state index contributed by atoms with van der Waals surface area (Å²) in [7, 11) is 0. The Balaban J connectivity index is 2.14. The number of cyclic esters (lactones) is 2. The van der Waals surface area contributed by atoms with Crippen LogP contribution in [-0.2, 0) is 14.3 Å². The van der Waals surface area contributed by atoms with Gasteiger partial charge in [0, 0.05) is 0 Å². The monoisotopic (exact) mass is 174 g/mol. The zero-order chi connectivity index (χ0) is 9.00. The van der Waals surface area contributed by atoms with Crippen LogP contribution in [0.1, 0.15) is 0 Å². The highest BCUT2D eigenvalue weighted by molar-refractivity contribution is 6.01. The summed E-state index contributed by atoms with van der Waals surface area (Å²) in [5.41, 5.74) is 1.93. The molecule has 13 heavy (non-hydrogen) atoms. The molecule has 0 aromatic rings. The number of rotatable bonds is 0. The molecule has 1 fully saturated rings. The Morgan fingerprint density at radius 3 is 2.92 bits per heavy atom. The number of ether oxygens (including phenoxy) is 1. The molecule has 0 amide bonds. The Kier molecular flexibility index (Phi) is 1.05. The van der Waals surface area contributed by atoms with E-state index in [1.165, 1.54) is 0 Å². The van der Waals surface area contributed by atoms with Crippen LogP contribution in [0.15, 0.2) is 35.5 Å². The lowest BCUT2D eigenvalue weighted by atomic mass is 9.94. The predicted octanol–water partition coefficient (Wildman–Crippen LogP) is 0.738. The lowest BCUT2D eigenvalue weighted by Crippen LogP contribution is -2.12. The number of carbonyl (C=O) groups excluding carboxylic acids is 2. The van der Waals surface area contributed by atoms with Gasteiger partial charge in [-0.3, -0.25) is 9.59 Å². The second kappa shape index (κ2) is 1.99. The SMILES string of the molecule is O=C1OC(=O)[C@@H]2C=C3C=CC=C3[C@H]12. The molecule has 3 heteroatoms. The van der Waals surface area contributed by atoms with Crippen molar-refractivity contribution >= 4 is 11.9 Å². The minimum absolute atomic E-state index is 0.362. The van der Waals surface area contributed by atoms with E-state index < -0.39 is 11.9 Å². The summed E-state index contributed by atoms with van der Waals surface area (Å²) in [6.07, 6.45) is 7.48. The molecule has 0 unspecified atom stereocenters. The molecule has 0 radical (unpaired) electrons. The van der Waals surface area contributed by atoms with Gasteiger partial charge >= 0.3 is 11.9 Å². The Morgan fingerprint density at radius 1 is 1.23 bits per heavy atom. The fraction of sp³-hybridized carbons (Fsp3) is 0.200. The van der Waals surface area contributed by atoms with Gasteiger partial charge in [0.15, 0.2) is 0 Å². The number of hydrogen-bond acceptors (Lipinski definition) is 3. The Labute approximate surface area is 74.4 Å². The van der Waals surface area contributed by atoms with Gasteiger partial charge in [-0.1, -0.05) is 24.3 Å². The van der Waals surface area contributed by atoms with Crippen LogP contribution in [0, 0.1) is 11.8 Å². The molecule has 0 aromatic carbocycles. The molecule has 1 saturated heterocycles. The van der Waals surface area contributed by atoms with E-state index >= 15 is 0 Å². The van der Waals surface area contributed by atoms with Crippen molar-refractivity contribution in [3.8, 4) is 0 Å². The minimum atomic E-state index is -0.411. The molecule has 0 N–H and O–H groups in total. The number of allylic oxidation sites excluding steroid dienone is 4. The van der Waals surface area contributed by atoms with E-state index in [1.807, 2.05) is 24.3 Å². The number of esters is 2. The van der Waals surface area contributed by atoms with E-state index in [0.717, 1.165) is 11.1 Å². The highest BCUT2D eigenvalue weighted by Crippen LogP contribution is 2.43. The molecule has 2 aliphatic carbocycles. The summed E-state index contributed by atoms with van der Waals surface area (Å²) in [4.78, 5) is 22.4. The van der Waals surface area contributed by atoms with E-state index in [2.05, 4.69) is 4.74 Å². The molecular formula is C10H6O3. The molecule has 64 valence electrons. The van der Waals surface area contributed by atoms with Gasteiger partial charge in [0.05, 0.1) is 11.8 Å². The zero-order valence-electron chi connectivity index (χ0n) is 6.69. The van der Waals surface area contributed by atoms with Gasteiger partial charge in [-0.25, -0.2) is 0 Å². The molecule has 3 aliphatic rings. The van der Waals surface area contributed by atoms with Crippen molar-refractivity contribution in [2.75, 3.05) is 0 Å². The Bertz CT molecular complexity index is 412. The quantitative estimate of drug-likeness (QED) is 0.402. The van der Waals surface area contributed by atoms with Crippen molar-refractivity contribution < 1.29 is 14.3 Å². The third kappa shape index (κ3) is 0.691. The average molecular weight is 174 g/mol. The van der Waals surface area contributed by atoms with Crippen molar-refractivity contribution in [3.63, 3.8) is 0 Å². The maximum Gasteiger partial charge on any atom is 0.322 e. The van der Waals surface area contributed by atoms with Gasteiger partial charge in [0.25, 0.3) is 0 Å². The van der Waals surface area contributed by atoms with Crippen LogP contribution in [0.4, 0.5) is 0 Å². The second-order valence-electron chi connectivity index (χ2n) is 3.35. The van der Waals surface area contributed by atoms with Crippen molar-refractivity contribution in [1.82, 2.24) is 0 Å². The van der Waals surface area contributed by atoms with Gasteiger partial charge < -0.3 is 4.74 Å². The highest BCUT2D eigenvalue weighted by Gasteiger charge is 2.49. The minimum Gasteiger partial charge on any atom is -0.392 e. The molecule has 1 aliphatic heterocycles. The summed E-state index contributed by atoms with van der Waals surface area (Å²) < 4.78 is 4.55. The maximum atomic E-state index is 11.3. The fourth-order valence-corrected chi connectivity index (χ4v) is 2.07. The summed E-state index contributed by atoms with van der Waals surface area (Å²) in [5.74, 6) is -1.54. The van der Waals surface area contributed by atoms with E-state index in [4.69, 9.17) is 0 Å². The van der Waals surface area contributed by atoms with Crippen molar-refractivity contribution in [3.05, 3.63) is 35.5 Å². The summed E-state index contributed by atoms with van der Waals surface area (Å²) in [5, 5.41) is 0. The van der Waals surface area contributed by atoms with E-state index in [0.29, 0.717) is 0 Å². The van der Waals surface area contributed by atoms with Gasteiger partial charge in [-0.05, 0) is 11.1 Å². The Hall–Kier alpha value is -1.64. The van der Waals surface area contributed by atoms with Gasteiger partial charge in [0.2, 0.25) is 0 Å². The van der Waals surface area contributed by atoms with E-state index in [9.17, 15) is 9.59 Å². The lowest BCUT2D eigenvalue weighted by Gasteiger charge is -2.02. The van der Waals surface area contributed by atoms with E-state index in [-0.39, 0.29) is 11.8 Å². The molecule has 3 nitrogen and oxygen atoms in total. The first kappa shape index (κ1) is 6.83. The van der Waals surface area contributed by atoms with Crippen LogP contribution >= 0.6 is 0 Å². The number of hydrogen-bond donors (Lipinski definition) is 0. The normalized spacial score (nSPS) is 34.2. The molecule has 3 rings (SSSR count). The van der Waals surface area contributed by atoms with Crippen molar-refractivity contribution in [2.24, 2.45) is 11.8 Å². The molecule has 0 aromatic heterocycles. The summed E-state index contributed by atoms with van der Waals surface area (Å²) in [6, 6.07) is 0. The molecule has 0 bridgehead atoms. The lowest BCUT2D eigenvalue weighted by molar-refractivity contribution is -0.153. The molecule has 2 atom stereocenters. The van der Waals surface area contributed by atoms with Crippen LogP contribution in [0.3, 0.4) is 0 Å². The van der Waals surface area contributed by atoms with E-state index in [1.54, 1.807) is 0 Å². The summed E-state index contributed by atoms with van der Waals surface area (Å²) in [6.45, 7) is 0. The first-order valence-corrected chi connectivity index (χ1v) is 4.13. The van der Waals surface area contributed by atoms with Crippen molar-refractivity contribution in [2.45, 2.75) is 0 Å². The zero-order valence-corrected chi connectivity index (χ0v) is 6.69. The molecular weight excluding hydrogens is 168 g/mol. The van der Waals surface area contributed by atoms with Crippen molar-refractivity contribution in [1.29, 1.82) is 0 Å². The fourth-order valence-electron chi connectivity index (χ4n) is 2.07. The average Bonchev–Trinajstić information content (AvgIpc) is 2.63. The van der Waals surface area contributed by atoms with Gasteiger partial charge in [0.1, 0.15) is 0 Å². The topological polar surface area (TPSA) is 43.4 Å². The third-order valence-electron chi connectivity index (χ3n) is 2.67. The van der Waals surface area contributed by atoms with Crippen LogP contribution < -0.4 is 0 Å². The number of fused-ring (bicyclic) bond motifs is 3. The van der Waals surface area contributed by atoms with Crippen LogP contribution in [-0.4, -0.2) is 11.9 Å². The molecule has 0 spiro atoms. The summed E-state index contributed by atoms with van der Waals surface area (Å²) >= 11 is 0. The highest BCUT2D eigenvalue weighted by atomic mass is 16.6. The number of carbonyl (C=O) groups is 2. The standard InChI is InChI=1S/C10H6O3/c11-9-7-4-5-2-1-3-6(5)8(7)10(12)13-9/h1-4,7-8H/t7-,8+/m1/s1. The third-order valence-corrected chi connectivity index (χ3v) is 2.67. The first-order chi connectivity index (χ1) is 6.27. The van der Waals surface area contributed by atoms with Crippen LogP contribution in [0.5, 0.6) is 0 Å². The Morgan fingerprint density at radius 2 is 2.08 bits per heavy atom. The smallest absolute Gasteiger partial charge is 0.322 e. The predicted molar refractivity (Wildman–Crippen MR) is 43.4 cm³/mol. The first-order valence-electron chi connectivity index (χ1n) is 4.13. The molecule has 0 saturated carbocycles. The van der Waals surface area contributed by atoms with Gasteiger partial charge in [-0.2, -0.15) is 0 Å². The van der Waals surface area contributed by atoms with Crippen LogP contribution in [0.2, 0.25) is 0 Å². The maximum absolute atomic E-state index is 11.3. The van der Waals surface area contributed by atoms with Gasteiger partial charge in [-0.15, -0.1) is 0 Å². The van der Waals surface area contributed by atoms with Crippen LogP contribution in [0.25, 0.3) is 0 Å².